The Labute approximate surface area is 151 Å². The molecule has 2 amide bonds. The lowest BCUT2D eigenvalue weighted by Crippen LogP contribution is -2.45. The van der Waals surface area contributed by atoms with E-state index in [1.807, 2.05) is 0 Å². The average Bonchev–Trinajstić information content (AvgIpc) is 3.14. The number of nitrogens with one attached hydrogen (secondary N) is 1. The largest absolute Gasteiger partial charge is 0.357 e. The Morgan fingerprint density at radius 3 is 2.54 bits per heavy atom. The van der Waals surface area contributed by atoms with Crippen LogP contribution in [0.2, 0.25) is 0 Å². The van der Waals surface area contributed by atoms with E-state index in [1.165, 1.54) is 24.1 Å². The third kappa shape index (κ3) is 3.08. The van der Waals surface area contributed by atoms with Gasteiger partial charge in [0, 0.05) is 19.6 Å². The summed E-state index contributed by atoms with van der Waals surface area (Å²) in [5, 5.41) is 7.01. The second-order valence-electron chi connectivity index (χ2n) is 6.52. The standard InChI is InChI=1S/C18H22FN5O2/c1-10-16(11(2)24(22-10)14-6-4-12(19)5-7-14)18(26)23-9-13(20)8-15(23)17(25)21-3/h4-7,13,15H,8-9,20H2,1-3H3,(H,21,25)/t13-,15+/m1/s1. The number of carbonyl (C=O) groups is 2. The van der Waals surface area contributed by atoms with Gasteiger partial charge >= 0.3 is 0 Å². The Balaban J connectivity index is 1.97. The first-order valence-electron chi connectivity index (χ1n) is 8.43. The smallest absolute Gasteiger partial charge is 0.258 e. The van der Waals surface area contributed by atoms with E-state index in [1.54, 1.807) is 30.7 Å². The Kier molecular flexibility index (Phi) is 4.78. The summed E-state index contributed by atoms with van der Waals surface area (Å²) in [4.78, 5) is 26.8. The summed E-state index contributed by atoms with van der Waals surface area (Å²) in [5.41, 5.74) is 8.26. The van der Waals surface area contributed by atoms with Crippen molar-refractivity contribution in [2.75, 3.05) is 13.6 Å². The maximum Gasteiger partial charge on any atom is 0.258 e. The molecule has 1 aliphatic rings. The van der Waals surface area contributed by atoms with Gasteiger partial charge in [0.25, 0.3) is 5.91 Å². The van der Waals surface area contributed by atoms with Crippen LogP contribution in [0.25, 0.3) is 5.69 Å². The molecular formula is C18H22FN5O2. The molecule has 3 rings (SSSR count). The second kappa shape index (κ2) is 6.87. The highest BCUT2D eigenvalue weighted by molar-refractivity contribution is 5.99. The lowest BCUT2D eigenvalue weighted by molar-refractivity contribution is -0.124. The SMILES string of the molecule is CNC(=O)[C@@H]1C[C@@H](N)CN1C(=O)c1c(C)nn(-c2ccc(F)cc2)c1C. The monoisotopic (exact) mass is 359 g/mol. The quantitative estimate of drug-likeness (QED) is 0.852. The van der Waals surface area contributed by atoms with E-state index in [2.05, 4.69) is 10.4 Å². The molecule has 8 heteroatoms. The van der Waals surface area contributed by atoms with Crippen molar-refractivity contribution in [2.45, 2.75) is 32.4 Å². The predicted molar refractivity (Wildman–Crippen MR) is 94.5 cm³/mol. The fourth-order valence-electron chi connectivity index (χ4n) is 3.44. The van der Waals surface area contributed by atoms with Crippen LogP contribution >= 0.6 is 0 Å². The topological polar surface area (TPSA) is 93.2 Å². The molecule has 0 spiro atoms. The maximum atomic E-state index is 13.2. The van der Waals surface area contributed by atoms with E-state index >= 15 is 0 Å². The minimum Gasteiger partial charge on any atom is -0.357 e. The zero-order chi connectivity index (χ0) is 19.0. The highest BCUT2D eigenvalue weighted by Gasteiger charge is 2.39. The van der Waals surface area contributed by atoms with Gasteiger partial charge in [-0.1, -0.05) is 0 Å². The third-order valence-corrected chi connectivity index (χ3v) is 4.72. The summed E-state index contributed by atoms with van der Waals surface area (Å²) < 4.78 is 14.8. The molecule has 2 heterocycles. The van der Waals surface area contributed by atoms with Crippen molar-refractivity contribution in [1.82, 2.24) is 20.0 Å². The number of nitrogens with two attached hydrogens (primary N) is 1. The highest BCUT2D eigenvalue weighted by Crippen LogP contribution is 2.24. The summed E-state index contributed by atoms with van der Waals surface area (Å²) in [6, 6.07) is 5.05. The van der Waals surface area contributed by atoms with Crippen molar-refractivity contribution in [3.63, 3.8) is 0 Å². The Morgan fingerprint density at radius 2 is 1.92 bits per heavy atom. The van der Waals surface area contributed by atoms with Crippen LogP contribution in [0.1, 0.15) is 28.2 Å². The lowest BCUT2D eigenvalue weighted by Gasteiger charge is -2.23. The van der Waals surface area contributed by atoms with E-state index in [0.29, 0.717) is 35.6 Å². The maximum absolute atomic E-state index is 13.2. The average molecular weight is 359 g/mol. The number of aromatic nitrogens is 2. The zero-order valence-electron chi connectivity index (χ0n) is 15.0. The van der Waals surface area contributed by atoms with E-state index in [-0.39, 0.29) is 23.7 Å². The summed E-state index contributed by atoms with van der Waals surface area (Å²) in [7, 11) is 1.54. The molecule has 1 fully saturated rings. The van der Waals surface area contributed by atoms with Crippen molar-refractivity contribution in [3.8, 4) is 5.69 Å². The molecular weight excluding hydrogens is 337 g/mol. The van der Waals surface area contributed by atoms with Crippen LogP contribution < -0.4 is 11.1 Å². The van der Waals surface area contributed by atoms with Gasteiger partial charge in [0.05, 0.1) is 22.6 Å². The number of benzene rings is 1. The van der Waals surface area contributed by atoms with E-state index in [0.717, 1.165) is 0 Å². The van der Waals surface area contributed by atoms with Crippen molar-refractivity contribution in [1.29, 1.82) is 0 Å². The van der Waals surface area contributed by atoms with Crippen LogP contribution in [-0.2, 0) is 4.79 Å². The van der Waals surface area contributed by atoms with Gasteiger partial charge in [-0.15, -0.1) is 0 Å². The Morgan fingerprint density at radius 1 is 1.27 bits per heavy atom. The number of hydrogen-bond donors (Lipinski definition) is 2. The molecule has 138 valence electrons. The molecule has 1 aliphatic heterocycles. The fourth-order valence-corrected chi connectivity index (χ4v) is 3.44. The van der Waals surface area contributed by atoms with Crippen LogP contribution in [0.4, 0.5) is 4.39 Å². The summed E-state index contributed by atoms with van der Waals surface area (Å²) in [5.74, 6) is -0.839. The molecule has 0 bridgehead atoms. The van der Waals surface area contributed by atoms with Gasteiger partial charge in [-0.3, -0.25) is 9.59 Å². The molecule has 2 aromatic rings. The number of likely N-dealkylation sites (N-methyl/N-ethyl adjacent to an activating group) is 1. The van der Waals surface area contributed by atoms with Crippen LogP contribution in [0.3, 0.4) is 0 Å². The van der Waals surface area contributed by atoms with E-state index in [9.17, 15) is 14.0 Å². The minimum atomic E-state index is -0.588. The molecule has 0 radical (unpaired) electrons. The lowest BCUT2D eigenvalue weighted by atomic mass is 10.1. The molecule has 3 N–H and O–H groups in total. The first-order chi connectivity index (χ1) is 12.3. The molecule has 0 saturated carbocycles. The first-order valence-corrected chi connectivity index (χ1v) is 8.43. The van der Waals surface area contributed by atoms with Gasteiger partial charge in [0.15, 0.2) is 0 Å². The van der Waals surface area contributed by atoms with Gasteiger partial charge in [-0.05, 0) is 44.5 Å². The van der Waals surface area contributed by atoms with E-state index in [4.69, 9.17) is 5.73 Å². The molecule has 0 aliphatic carbocycles. The molecule has 1 saturated heterocycles. The number of likely N-dealkylation sites (tertiary alicyclic amines) is 1. The summed E-state index contributed by atoms with van der Waals surface area (Å²) in [6.07, 6.45) is 0.426. The second-order valence-corrected chi connectivity index (χ2v) is 6.52. The summed E-state index contributed by atoms with van der Waals surface area (Å²) >= 11 is 0. The fraction of sp³-hybridized carbons (Fsp3) is 0.389. The Bertz CT molecular complexity index is 846. The molecule has 26 heavy (non-hydrogen) atoms. The van der Waals surface area contributed by atoms with Crippen LogP contribution in [0, 0.1) is 19.7 Å². The van der Waals surface area contributed by atoms with Gasteiger partial charge in [0.1, 0.15) is 11.9 Å². The molecule has 7 nitrogen and oxygen atoms in total. The highest BCUT2D eigenvalue weighted by atomic mass is 19.1. The minimum absolute atomic E-state index is 0.229. The van der Waals surface area contributed by atoms with E-state index < -0.39 is 6.04 Å². The number of carbonyl (C=O) groups excluding carboxylic acids is 2. The Hall–Kier alpha value is -2.74. The first kappa shape index (κ1) is 18.1. The number of amides is 2. The predicted octanol–water partition coefficient (Wildman–Crippen LogP) is 0.916. The number of nitrogens with zero attached hydrogens (tertiary/aromatic N) is 3. The van der Waals surface area contributed by atoms with Crippen molar-refractivity contribution in [3.05, 3.63) is 47.0 Å². The van der Waals surface area contributed by atoms with Crippen molar-refractivity contribution >= 4 is 11.8 Å². The summed E-state index contributed by atoms with van der Waals surface area (Å²) in [6.45, 7) is 3.84. The van der Waals surface area contributed by atoms with Crippen molar-refractivity contribution < 1.29 is 14.0 Å². The van der Waals surface area contributed by atoms with Crippen LogP contribution in [0.15, 0.2) is 24.3 Å². The molecule has 2 atom stereocenters. The van der Waals surface area contributed by atoms with Gasteiger partial charge in [0.2, 0.25) is 5.91 Å². The number of rotatable bonds is 3. The molecule has 1 aromatic heterocycles. The zero-order valence-corrected chi connectivity index (χ0v) is 15.0. The number of hydrogen-bond acceptors (Lipinski definition) is 4. The number of aryl methyl sites for hydroxylation is 1. The number of halogens is 1. The third-order valence-electron chi connectivity index (χ3n) is 4.72. The van der Waals surface area contributed by atoms with Gasteiger partial charge in [-0.2, -0.15) is 5.10 Å². The normalized spacial score (nSPS) is 19.7. The van der Waals surface area contributed by atoms with Gasteiger partial charge in [-0.25, -0.2) is 9.07 Å². The van der Waals surface area contributed by atoms with Crippen LogP contribution in [0.5, 0.6) is 0 Å². The molecule has 0 unspecified atom stereocenters. The molecule has 1 aromatic carbocycles. The van der Waals surface area contributed by atoms with Gasteiger partial charge < -0.3 is 16.0 Å². The van der Waals surface area contributed by atoms with Crippen LogP contribution in [-0.4, -0.2) is 52.2 Å². The van der Waals surface area contributed by atoms with Crippen molar-refractivity contribution in [2.24, 2.45) is 5.73 Å².